The molecule has 3 rings (SSSR count). The van der Waals surface area contributed by atoms with Gasteiger partial charge in [-0.3, -0.25) is 0 Å². The summed E-state index contributed by atoms with van der Waals surface area (Å²) in [5, 5.41) is 3.54. The van der Waals surface area contributed by atoms with Gasteiger partial charge in [0.25, 0.3) is 0 Å². The summed E-state index contributed by atoms with van der Waals surface area (Å²) in [4.78, 5) is 2.52. The summed E-state index contributed by atoms with van der Waals surface area (Å²) < 4.78 is 5.54. The van der Waals surface area contributed by atoms with Crippen molar-refractivity contribution in [1.29, 1.82) is 0 Å². The zero-order valence-corrected chi connectivity index (χ0v) is 11.1. The molecule has 1 saturated heterocycles. The monoisotopic (exact) mass is 246 g/mol. The number of hydrogen-bond donors (Lipinski definition) is 1. The van der Waals surface area contributed by atoms with Gasteiger partial charge in [-0.25, -0.2) is 0 Å². The van der Waals surface area contributed by atoms with Crippen molar-refractivity contribution in [3.05, 3.63) is 29.3 Å². The van der Waals surface area contributed by atoms with Gasteiger partial charge in [-0.2, -0.15) is 0 Å². The maximum absolute atomic E-state index is 5.54. The molecule has 0 spiro atoms. The molecule has 2 aliphatic heterocycles. The smallest absolute Gasteiger partial charge is 0.0637 e. The number of aryl methyl sites for hydroxylation is 2. The van der Waals surface area contributed by atoms with Gasteiger partial charge < -0.3 is 15.0 Å². The summed E-state index contributed by atoms with van der Waals surface area (Å²) in [6.45, 7) is 7.10. The summed E-state index contributed by atoms with van der Waals surface area (Å²) in [7, 11) is 0. The van der Waals surface area contributed by atoms with E-state index in [4.69, 9.17) is 4.74 Å². The second-order valence-electron chi connectivity index (χ2n) is 5.41. The highest BCUT2D eigenvalue weighted by atomic mass is 16.5. The van der Waals surface area contributed by atoms with Gasteiger partial charge in [0.1, 0.15) is 0 Å². The zero-order chi connectivity index (χ0) is 12.4. The van der Waals surface area contributed by atoms with Crippen LogP contribution in [0.3, 0.4) is 0 Å². The zero-order valence-electron chi connectivity index (χ0n) is 11.1. The van der Waals surface area contributed by atoms with E-state index in [1.165, 1.54) is 36.2 Å². The third-order valence-electron chi connectivity index (χ3n) is 3.89. The van der Waals surface area contributed by atoms with Crippen molar-refractivity contribution in [2.75, 3.05) is 37.7 Å². The first-order valence-corrected chi connectivity index (χ1v) is 6.98. The summed E-state index contributed by atoms with van der Waals surface area (Å²) in [6, 6.07) is 7.33. The van der Waals surface area contributed by atoms with Crippen LogP contribution in [0.15, 0.2) is 18.2 Å². The van der Waals surface area contributed by atoms with Gasteiger partial charge in [0.2, 0.25) is 0 Å². The Kier molecular flexibility index (Phi) is 3.52. The van der Waals surface area contributed by atoms with Gasteiger partial charge in [0, 0.05) is 31.4 Å². The number of anilines is 1. The Hall–Kier alpha value is -1.06. The van der Waals surface area contributed by atoms with Crippen molar-refractivity contribution < 1.29 is 4.74 Å². The van der Waals surface area contributed by atoms with Gasteiger partial charge >= 0.3 is 0 Å². The molecule has 0 saturated carbocycles. The fourth-order valence-corrected chi connectivity index (χ4v) is 3.00. The van der Waals surface area contributed by atoms with E-state index in [0.29, 0.717) is 6.04 Å². The average Bonchev–Trinajstić information content (AvgIpc) is 2.40. The van der Waals surface area contributed by atoms with Crippen molar-refractivity contribution in [1.82, 2.24) is 5.32 Å². The Morgan fingerprint density at radius 1 is 1.44 bits per heavy atom. The molecule has 3 heteroatoms. The number of nitrogens with one attached hydrogen (secondary N) is 1. The number of benzene rings is 1. The number of rotatable bonds is 2. The van der Waals surface area contributed by atoms with E-state index in [2.05, 4.69) is 35.3 Å². The van der Waals surface area contributed by atoms with Gasteiger partial charge in [-0.15, -0.1) is 0 Å². The second kappa shape index (κ2) is 5.29. The maximum Gasteiger partial charge on any atom is 0.0637 e. The molecule has 2 aliphatic rings. The molecule has 1 aromatic rings. The van der Waals surface area contributed by atoms with E-state index in [1.807, 2.05) is 0 Å². The third kappa shape index (κ3) is 2.52. The molecule has 3 nitrogen and oxygen atoms in total. The topological polar surface area (TPSA) is 24.5 Å². The van der Waals surface area contributed by atoms with E-state index in [0.717, 1.165) is 26.3 Å². The van der Waals surface area contributed by atoms with Crippen molar-refractivity contribution >= 4 is 5.69 Å². The van der Waals surface area contributed by atoms with Crippen LogP contribution in [0.25, 0.3) is 0 Å². The Labute approximate surface area is 109 Å². The van der Waals surface area contributed by atoms with Gasteiger partial charge in [0.05, 0.1) is 13.2 Å². The Balaban J connectivity index is 1.74. The molecule has 2 heterocycles. The van der Waals surface area contributed by atoms with Crippen LogP contribution in [0.4, 0.5) is 5.69 Å². The Morgan fingerprint density at radius 2 is 2.39 bits per heavy atom. The summed E-state index contributed by atoms with van der Waals surface area (Å²) in [6.07, 6.45) is 2.49. The van der Waals surface area contributed by atoms with E-state index < -0.39 is 0 Å². The first-order valence-electron chi connectivity index (χ1n) is 6.98. The molecule has 1 atom stereocenters. The first kappa shape index (κ1) is 12.0. The normalized spacial score (nSPS) is 23.8. The molecule has 0 aromatic heterocycles. The first-order chi connectivity index (χ1) is 8.83. The number of fused-ring (bicyclic) bond motifs is 1. The molecule has 18 heavy (non-hydrogen) atoms. The van der Waals surface area contributed by atoms with Crippen LogP contribution in [0.5, 0.6) is 0 Å². The molecule has 1 aromatic carbocycles. The molecule has 0 radical (unpaired) electrons. The van der Waals surface area contributed by atoms with E-state index in [9.17, 15) is 0 Å². The SMILES string of the molecule is Cc1ccc2c(c1)CCCN2CC1COCCN1. The van der Waals surface area contributed by atoms with Gasteiger partial charge in [-0.1, -0.05) is 17.7 Å². The number of hydrogen-bond acceptors (Lipinski definition) is 3. The number of morpholine rings is 1. The molecule has 0 bridgehead atoms. The lowest BCUT2D eigenvalue weighted by Gasteiger charge is -2.35. The van der Waals surface area contributed by atoms with E-state index in [1.54, 1.807) is 0 Å². The Bertz CT molecular complexity index is 413. The molecule has 1 fully saturated rings. The third-order valence-corrected chi connectivity index (χ3v) is 3.89. The maximum atomic E-state index is 5.54. The highest BCUT2D eigenvalue weighted by Crippen LogP contribution is 2.28. The quantitative estimate of drug-likeness (QED) is 0.860. The van der Waals surface area contributed by atoms with Crippen LogP contribution in [0, 0.1) is 6.92 Å². The standard InChI is InChI=1S/C15H22N2O/c1-12-4-5-15-13(9-12)3-2-7-17(15)10-14-11-18-8-6-16-14/h4-5,9,14,16H,2-3,6-8,10-11H2,1H3. The van der Waals surface area contributed by atoms with E-state index in [-0.39, 0.29) is 0 Å². The van der Waals surface area contributed by atoms with Crippen LogP contribution < -0.4 is 10.2 Å². The fourth-order valence-electron chi connectivity index (χ4n) is 3.00. The fraction of sp³-hybridized carbons (Fsp3) is 0.600. The molecule has 0 aliphatic carbocycles. The molecular weight excluding hydrogens is 224 g/mol. The van der Waals surface area contributed by atoms with Crippen LogP contribution in [0.2, 0.25) is 0 Å². The predicted octanol–water partition coefficient (Wildman–Crippen LogP) is 1.74. The second-order valence-corrected chi connectivity index (χ2v) is 5.41. The highest BCUT2D eigenvalue weighted by molar-refractivity contribution is 5.56. The Morgan fingerprint density at radius 3 is 3.22 bits per heavy atom. The van der Waals surface area contributed by atoms with Crippen LogP contribution in [-0.2, 0) is 11.2 Å². The summed E-state index contributed by atoms with van der Waals surface area (Å²) >= 11 is 0. The number of ether oxygens (including phenoxy) is 1. The van der Waals surface area contributed by atoms with Crippen LogP contribution >= 0.6 is 0 Å². The van der Waals surface area contributed by atoms with E-state index >= 15 is 0 Å². The van der Waals surface area contributed by atoms with Crippen LogP contribution in [-0.4, -0.2) is 38.9 Å². The molecule has 1 N–H and O–H groups in total. The van der Waals surface area contributed by atoms with Crippen molar-refractivity contribution in [3.63, 3.8) is 0 Å². The van der Waals surface area contributed by atoms with Crippen LogP contribution in [0.1, 0.15) is 17.5 Å². The molecule has 0 amide bonds. The molecule has 98 valence electrons. The molecule has 1 unspecified atom stereocenters. The average molecular weight is 246 g/mol. The lowest BCUT2D eigenvalue weighted by atomic mass is 9.99. The predicted molar refractivity (Wildman–Crippen MR) is 74.3 cm³/mol. The lowest BCUT2D eigenvalue weighted by molar-refractivity contribution is 0.0787. The summed E-state index contributed by atoms with van der Waals surface area (Å²) in [5.74, 6) is 0. The van der Waals surface area contributed by atoms with Gasteiger partial charge in [0.15, 0.2) is 0 Å². The van der Waals surface area contributed by atoms with Crippen molar-refractivity contribution in [3.8, 4) is 0 Å². The van der Waals surface area contributed by atoms with Gasteiger partial charge in [-0.05, 0) is 31.4 Å². The summed E-state index contributed by atoms with van der Waals surface area (Å²) in [5.41, 5.74) is 4.31. The minimum Gasteiger partial charge on any atom is -0.378 e. The number of nitrogens with zero attached hydrogens (tertiary/aromatic N) is 1. The lowest BCUT2D eigenvalue weighted by Crippen LogP contribution is -2.49. The highest BCUT2D eigenvalue weighted by Gasteiger charge is 2.21. The van der Waals surface area contributed by atoms with Crippen molar-refractivity contribution in [2.45, 2.75) is 25.8 Å². The molecular formula is C15H22N2O. The minimum absolute atomic E-state index is 0.478. The van der Waals surface area contributed by atoms with Crippen molar-refractivity contribution in [2.24, 2.45) is 0 Å². The largest absolute Gasteiger partial charge is 0.378 e. The minimum atomic E-state index is 0.478.